The molecular weight excluding hydrogens is 282 g/mol. The summed E-state index contributed by atoms with van der Waals surface area (Å²) in [6.07, 6.45) is 2.14. The highest BCUT2D eigenvalue weighted by Crippen LogP contribution is 2.21. The molecule has 22 heavy (non-hydrogen) atoms. The number of hydrogen-bond donors (Lipinski definition) is 0. The second-order valence-electron chi connectivity index (χ2n) is 5.68. The van der Waals surface area contributed by atoms with E-state index in [1.165, 1.54) is 6.20 Å². The number of nitrogens with zero attached hydrogens (tertiary/aromatic N) is 1. The number of aldehydes is 1. The SMILES string of the molecule is CC(C)(C)OC(=O)c1ccc(Oc2ccc(C=O)cn2)cc1. The van der Waals surface area contributed by atoms with Gasteiger partial charge in [-0.25, -0.2) is 9.78 Å². The van der Waals surface area contributed by atoms with Crippen molar-refractivity contribution in [1.29, 1.82) is 0 Å². The minimum atomic E-state index is -0.531. The highest BCUT2D eigenvalue weighted by atomic mass is 16.6. The van der Waals surface area contributed by atoms with Gasteiger partial charge in [-0.15, -0.1) is 0 Å². The van der Waals surface area contributed by atoms with E-state index in [1.54, 1.807) is 36.4 Å². The lowest BCUT2D eigenvalue weighted by molar-refractivity contribution is 0.00695. The molecule has 0 spiro atoms. The average Bonchev–Trinajstić information content (AvgIpc) is 2.47. The standard InChI is InChI=1S/C17H17NO4/c1-17(2,3)22-16(20)13-5-7-14(8-6-13)21-15-9-4-12(11-19)10-18-15/h4-11H,1-3H3. The van der Waals surface area contributed by atoms with Gasteiger partial charge in [0.25, 0.3) is 0 Å². The van der Waals surface area contributed by atoms with Gasteiger partial charge in [0.2, 0.25) is 5.88 Å². The van der Waals surface area contributed by atoms with Gasteiger partial charge >= 0.3 is 5.97 Å². The molecule has 0 aliphatic rings. The third kappa shape index (κ3) is 4.41. The van der Waals surface area contributed by atoms with E-state index < -0.39 is 5.60 Å². The van der Waals surface area contributed by atoms with Crippen molar-refractivity contribution >= 4 is 12.3 Å². The third-order valence-electron chi connectivity index (χ3n) is 2.61. The molecule has 0 aliphatic carbocycles. The van der Waals surface area contributed by atoms with Crippen LogP contribution in [0.4, 0.5) is 0 Å². The first-order chi connectivity index (χ1) is 10.4. The van der Waals surface area contributed by atoms with Crippen molar-refractivity contribution in [3.8, 4) is 11.6 Å². The molecule has 0 aliphatic heterocycles. The maximum absolute atomic E-state index is 11.9. The van der Waals surface area contributed by atoms with Crippen LogP contribution in [0.3, 0.4) is 0 Å². The number of rotatable bonds is 4. The van der Waals surface area contributed by atoms with E-state index in [2.05, 4.69) is 4.98 Å². The summed E-state index contributed by atoms with van der Waals surface area (Å²) < 4.78 is 10.8. The molecule has 0 saturated carbocycles. The van der Waals surface area contributed by atoms with E-state index in [4.69, 9.17) is 9.47 Å². The Labute approximate surface area is 128 Å². The number of hydrogen-bond acceptors (Lipinski definition) is 5. The molecule has 114 valence electrons. The van der Waals surface area contributed by atoms with E-state index in [9.17, 15) is 9.59 Å². The summed E-state index contributed by atoms with van der Waals surface area (Å²) in [6, 6.07) is 9.80. The summed E-state index contributed by atoms with van der Waals surface area (Å²) in [4.78, 5) is 26.4. The lowest BCUT2D eigenvalue weighted by Crippen LogP contribution is -2.23. The second kappa shape index (κ2) is 6.39. The molecule has 0 radical (unpaired) electrons. The molecule has 1 aromatic carbocycles. The second-order valence-corrected chi connectivity index (χ2v) is 5.68. The minimum absolute atomic E-state index is 0.371. The van der Waals surface area contributed by atoms with Crippen molar-refractivity contribution in [3.05, 3.63) is 53.7 Å². The van der Waals surface area contributed by atoms with Gasteiger partial charge in [-0.3, -0.25) is 4.79 Å². The molecule has 5 heteroatoms. The van der Waals surface area contributed by atoms with Crippen LogP contribution >= 0.6 is 0 Å². The highest BCUT2D eigenvalue weighted by Gasteiger charge is 2.17. The quantitative estimate of drug-likeness (QED) is 0.637. The molecule has 0 amide bonds. The zero-order valence-electron chi connectivity index (χ0n) is 12.7. The van der Waals surface area contributed by atoms with Crippen molar-refractivity contribution < 1.29 is 19.1 Å². The Bertz CT molecular complexity index is 655. The maximum Gasteiger partial charge on any atom is 0.338 e. The molecule has 0 saturated heterocycles. The first kappa shape index (κ1) is 15.7. The molecule has 2 rings (SSSR count). The van der Waals surface area contributed by atoms with Crippen molar-refractivity contribution in [2.75, 3.05) is 0 Å². The van der Waals surface area contributed by atoms with Crippen molar-refractivity contribution in [1.82, 2.24) is 4.98 Å². The Hall–Kier alpha value is -2.69. The Morgan fingerprint density at radius 2 is 1.77 bits per heavy atom. The number of aromatic nitrogens is 1. The molecule has 5 nitrogen and oxygen atoms in total. The monoisotopic (exact) mass is 299 g/mol. The van der Waals surface area contributed by atoms with Crippen LogP contribution < -0.4 is 4.74 Å². The van der Waals surface area contributed by atoms with Crippen LogP contribution in [0, 0.1) is 0 Å². The summed E-state index contributed by atoms with van der Waals surface area (Å²) in [7, 11) is 0. The first-order valence-corrected chi connectivity index (χ1v) is 6.80. The number of pyridine rings is 1. The topological polar surface area (TPSA) is 65.5 Å². The number of carbonyl (C=O) groups is 2. The molecule has 2 aromatic rings. The fourth-order valence-corrected chi connectivity index (χ4v) is 1.64. The Morgan fingerprint density at radius 3 is 2.27 bits per heavy atom. The van der Waals surface area contributed by atoms with Crippen LogP contribution in [0.2, 0.25) is 0 Å². The van der Waals surface area contributed by atoms with Crippen molar-refractivity contribution in [2.45, 2.75) is 26.4 Å². The van der Waals surface area contributed by atoms with Crippen LogP contribution in [0.5, 0.6) is 11.6 Å². The Morgan fingerprint density at radius 1 is 1.09 bits per heavy atom. The number of carbonyl (C=O) groups excluding carboxylic acids is 2. The van der Waals surface area contributed by atoms with Crippen LogP contribution in [0.25, 0.3) is 0 Å². The van der Waals surface area contributed by atoms with Crippen molar-refractivity contribution in [3.63, 3.8) is 0 Å². The van der Waals surface area contributed by atoms with Gasteiger partial charge in [-0.2, -0.15) is 0 Å². The molecule has 0 fully saturated rings. The summed E-state index contributed by atoms with van der Waals surface area (Å²) in [6.45, 7) is 5.45. The Kier molecular flexibility index (Phi) is 4.56. The first-order valence-electron chi connectivity index (χ1n) is 6.80. The third-order valence-corrected chi connectivity index (χ3v) is 2.61. The van der Waals surface area contributed by atoms with Crippen LogP contribution in [0.1, 0.15) is 41.5 Å². The van der Waals surface area contributed by atoms with Gasteiger partial charge in [0, 0.05) is 17.8 Å². The maximum atomic E-state index is 11.9. The summed E-state index contributed by atoms with van der Waals surface area (Å²) in [5, 5.41) is 0. The smallest absolute Gasteiger partial charge is 0.338 e. The molecular formula is C17H17NO4. The lowest BCUT2D eigenvalue weighted by Gasteiger charge is -2.19. The molecule has 1 heterocycles. The van der Waals surface area contributed by atoms with E-state index in [-0.39, 0.29) is 5.97 Å². The predicted molar refractivity (Wildman–Crippen MR) is 81.3 cm³/mol. The van der Waals surface area contributed by atoms with Gasteiger partial charge in [0.15, 0.2) is 6.29 Å². The summed E-state index contributed by atoms with van der Waals surface area (Å²) >= 11 is 0. The van der Waals surface area contributed by atoms with Crippen LogP contribution in [-0.2, 0) is 4.74 Å². The fourth-order valence-electron chi connectivity index (χ4n) is 1.64. The number of ether oxygens (including phenoxy) is 2. The summed E-state index contributed by atoms with van der Waals surface area (Å²) in [5.41, 5.74) is 0.399. The number of benzene rings is 1. The van der Waals surface area contributed by atoms with Gasteiger partial charge in [0.05, 0.1) is 5.56 Å². The van der Waals surface area contributed by atoms with Gasteiger partial charge in [-0.05, 0) is 51.1 Å². The van der Waals surface area contributed by atoms with Crippen LogP contribution in [0.15, 0.2) is 42.6 Å². The lowest BCUT2D eigenvalue weighted by atomic mass is 10.1. The zero-order chi connectivity index (χ0) is 16.2. The summed E-state index contributed by atoms with van der Waals surface area (Å²) in [5.74, 6) is 0.529. The zero-order valence-corrected chi connectivity index (χ0v) is 12.7. The highest BCUT2D eigenvalue weighted by molar-refractivity contribution is 5.89. The molecule has 0 atom stereocenters. The molecule has 1 aromatic heterocycles. The molecule has 0 N–H and O–H groups in total. The fraction of sp³-hybridized carbons (Fsp3) is 0.235. The van der Waals surface area contributed by atoms with E-state index in [0.29, 0.717) is 29.0 Å². The van der Waals surface area contributed by atoms with Gasteiger partial charge in [0.1, 0.15) is 11.4 Å². The molecule has 0 bridgehead atoms. The van der Waals surface area contributed by atoms with E-state index in [1.807, 2.05) is 20.8 Å². The van der Waals surface area contributed by atoms with E-state index >= 15 is 0 Å². The predicted octanol–water partition coefficient (Wildman–Crippen LogP) is 3.64. The minimum Gasteiger partial charge on any atom is -0.456 e. The normalized spacial score (nSPS) is 10.9. The Balaban J connectivity index is 2.05. The van der Waals surface area contributed by atoms with Gasteiger partial charge in [-0.1, -0.05) is 0 Å². The van der Waals surface area contributed by atoms with Crippen LogP contribution in [-0.4, -0.2) is 22.8 Å². The largest absolute Gasteiger partial charge is 0.456 e. The average molecular weight is 299 g/mol. The van der Waals surface area contributed by atoms with Crippen molar-refractivity contribution in [2.24, 2.45) is 0 Å². The van der Waals surface area contributed by atoms with E-state index in [0.717, 1.165) is 0 Å². The number of esters is 1. The molecule has 0 unspecified atom stereocenters. The van der Waals surface area contributed by atoms with Gasteiger partial charge < -0.3 is 9.47 Å².